The Bertz CT molecular complexity index is 1050. The normalized spacial score (nSPS) is 14.3. The molecular formula is C28H32N4O2. The maximum Gasteiger partial charge on any atom is 0.319 e. The van der Waals surface area contributed by atoms with Gasteiger partial charge in [-0.15, -0.1) is 0 Å². The second-order valence-electron chi connectivity index (χ2n) is 8.89. The summed E-state index contributed by atoms with van der Waals surface area (Å²) < 4.78 is 0. The Morgan fingerprint density at radius 3 is 1.91 bits per heavy atom. The Labute approximate surface area is 201 Å². The largest absolute Gasteiger partial charge is 0.336 e. The van der Waals surface area contributed by atoms with Crippen molar-refractivity contribution in [3.63, 3.8) is 0 Å². The summed E-state index contributed by atoms with van der Waals surface area (Å²) in [7, 11) is 0. The molecule has 0 aromatic heterocycles. The summed E-state index contributed by atoms with van der Waals surface area (Å²) >= 11 is 0. The predicted molar refractivity (Wildman–Crippen MR) is 136 cm³/mol. The molecule has 1 heterocycles. The molecule has 6 heteroatoms. The second-order valence-corrected chi connectivity index (χ2v) is 8.89. The van der Waals surface area contributed by atoms with E-state index in [0.717, 1.165) is 13.1 Å². The van der Waals surface area contributed by atoms with Crippen molar-refractivity contribution in [1.82, 2.24) is 15.1 Å². The first-order valence-corrected chi connectivity index (χ1v) is 11.8. The zero-order chi connectivity index (χ0) is 23.9. The van der Waals surface area contributed by atoms with Gasteiger partial charge in [0.15, 0.2) is 0 Å². The van der Waals surface area contributed by atoms with E-state index < -0.39 is 0 Å². The van der Waals surface area contributed by atoms with Crippen LogP contribution in [0.5, 0.6) is 0 Å². The quantitative estimate of drug-likeness (QED) is 0.562. The molecule has 0 saturated carbocycles. The molecule has 0 aliphatic carbocycles. The van der Waals surface area contributed by atoms with Gasteiger partial charge in [-0.05, 0) is 43.2 Å². The smallest absolute Gasteiger partial charge is 0.319 e. The second kappa shape index (κ2) is 11.0. The molecular weight excluding hydrogens is 424 g/mol. The molecule has 0 unspecified atom stereocenters. The molecule has 1 aliphatic rings. The Kier molecular flexibility index (Phi) is 7.60. The first kappa shape index (κ1) is 23.5. The zero-order valence-corrected chi connectivity index (χ0v) is 19.8. The fraction of sp³-hybridized carbons (Fsp3) is 0.286. The van der Waals surface area contributed by atoms with E-state index >= 15 is 0 Å². The number of benzene rings is 3. The Morgan fingerprint density at radius 1 is 0.765 bits per heavy atom. The average Bonchev–Trinajstić information content (AvgIpc) is 2.85. The molecule has 2 N–H and O–H groups in total. The Balaban J connectivity index is 1.43. The molecule has 176 valence electrons. The number of carbonyl (C=O) groups is 2. The molecule has 0 spiro atoms. The first-order valence-electron chi connectivity index (χ1n) is 11.8. The third-order valence-electron chi connectivity index (χ3n) is 5.98. The highest BCUT2D eigenvalue weighted by atomic mass is 16.2. The third kappa shape index (κ3) is 5.83. The van der Waals surface area contributed by atoms with Gasteiger partial charge in [-0.2, -0.15) is 0 Å². The Hall–Kier alpha value is -3.64. The first-order chi connectivity index (χ1) is 16.5. The van der Waals surface area contributed by atoms with Crippen LogP contribution in [0.1, 0.15) is 41.4 Å². The fourth-order valence-corrected chi connectivity index (χ4v) is 4.41. The van der Waals surface area contributed by atoms with Gasteiger partial charge in [-0.1, -0.05) is 66.7 Å². The van der Waals surface area contributed by atoms with Crippen LogP contribution in [-0.2, 0) is 0 Å². The minimum Gasteiger partial charge on any atom is -0.336 e. The van der Waals surface area contributed by atoms with Gasteiger partial charge >= 0.3 is 6.03 Å². The number of piperazine rings is 1. The van der Waals surface area contributed by atoms with Crippen LogP contribution in [0.2, 0.25) is 0 Å². The number of nitrogens with zero attached hydrogens (tertiary/aromatic N) is 2. The van der Waals surface area contributed by atoms with Gasteiger partial charge in [0.2, 0.25) is 0 Å². The number of carbonyl (C=O) groups excluding carboxylic acids is 2. The summed E-state index contributed by atoms with van der Waals surface area (Å²) in [6.45, 7) is 6.68. The minimum absolute atomic E-state index is 0.0106. The van der Waals surface area contributed by atoms with E-state index in [1.807, 2.05) is 30.9 Å². The van der Waals surface area contributed by atoms with Crippen molar-refractivity contribution >= 4 is 17.6 Å². The van der Waals surface area contributed by atoms with E-state index in [1.165, 1.54) is 11.1 Å². The number of anilines is 1. The van der Waals surface area contributed by atoms with Crippen LogP contribution in [-0.4, -0.2) is 54.0 Å². The van der Waals surface area contributed by atoms with Gasteiger partial charge < -0.3 is 15.5 Å². The molecule has 34 heavy (non-hydrogen) atoms. The minimum atomic E-state index is -0.277. The highest BCUT2D eigenvalue weighted by Gasteiger charge is 2.28. The van der Waals surface area contributed by atoms with Crippen LogP contribution in [0.3, 0.4) is 0 Å². The Morgan fingerprint density at radius 2 is 1.35 bits per heavy atom. The number of hydrogen-bond donors (Lipinski definition) is 2. The molecule has 3 aromatic carbocycles. The van der Waals surface area contributed by atoms with Crippen molar-refractivity contribution in [3.8, 4) is 0 Å². The third-order valence-corrected chi connectivity index (χ3v) is 5.98. The molecule has 0 atom stereocenters. The van der Waals surface area contributed by atoms with Crippen molar-refractivity contribution in [2.75, 3.05) is 31.5 Å². The summed E-state index contributed by atoms with van der Waals surface area (Å²) in [4.78, 5) is 29.6. The zero-order valence-electron chi connectivity index (χ0n) is 19.8. The van der Waals surface area contributed by atoms with E-state index in [0.29, 0.717) is 24.3 Å². The van der Waals surface area contributed by atoms with Crippen molar-refractivity contribution in [1.29, 1.82) is 0 Å². The molecule has 3 aromatic rings. The van der Waals surface area contributed by atoms with Crippen molar-refractivity contribution in [3.05, 3.63) is 102 Å². The number of rotatable bonds is 6. The molecule has 1 saturated heterocycles. The maximum absolute atomic E-state index is 13.2. The summed E-state index contributed by atoms with van der Waals surface area (Å²) in [5.74, 6) is -0.0106. The van der Waals surface area contributed by atoms with E-state index in [9.17, 15) is 9.59 Å². The molecule has 1 fully saturated rings. The molecule has 0 bridgehead atoms. The van der Waals surface area contributed by atoms with Crippen LogP contribution in [0, 0.1) is 0 Å². The summed E-state index contributed by atoms with van der Waals surface area (Å²) in [6, 6.07) is 28.1. The maximum atomic E-state index is 13.2. The number of amides is 3. The van der Waals surface area contributed by atoms with Gasteiger partial charge in [0, 0.05) is 43.5 Å². The topological polar surface area (TPSA) is 64.7 Å². The monoisotopic (exact) mass is 456 g/mol. The van der Waals surface area contributed by atoms with E-state index in [-0.39, 0.29) is 24.0 Å². The summed E-state index contributed by atoms with van der Waals surface area (Å²) in [5, 5.41) is 5.60. The number of hydrogen-bond acceptors (Lipinski definition) is 3. The highest BCUT2D eigenvalue weighted by molar-refractivity contribution is 5.97. The average molecular weight is 457 g/mol. The molecule has 4 rings (SSSR count). The molecule has 6 nitrogen and oxygen atoms in total. The van der Waals surface area contributed by atoms with Crippen LogP contribution in [0.25, 0.3) is 0 Å². The van der Waals surface area contributed by atoms with Gasteiger partial charge in [0.05, 0.1) is 6.04 Å². The summed E-state index contributed by atoms with van der Waals surface area (Å²) in [6.07, 6.45) is 0. The lowest BCUT2D eigenvalue weighted by Crippen LogP contribution is -2.49. The molecule has 1 aliphatic heterocycles. The fourth-order valence-electron chi connectivity index (χ4n) is 4.41. The molecule has 3 amide bonds. The van der Waals surface area contributed by atoms with Gasteiger partial charge in [-0.25, -0.2) is 4.79 Å². The van der Waals surface area contributed by atoms with Crippen LogP contribution in [0.15, 0.2) is 84.9 Å². The van der Waals surface area contributed by atoms with E-state index in [4.69, 9.17) is 0 Å². The lowest BCUT2D eigenvalue weighted by Gasteiger charge is -2.39. The highest BCUT2D eigenvalue weighted by Crippen LogP contribution is 2.29. The number of nitrogens with one attached hydrogen (secondary N) is 2. The van der Waals surface area contributed by atoms with Crippen molar-refractivity contribution in [2.45, 2.75) is 25.9 Å². The predicted octanol–water partition coefficient (Wildman–Crippen LogP) is 4.76. The lowest BCUT2D eigenvalue weighted by molar-refractivity contribution is 0.0597. The van der Waals surface area contributed by atoms with E-state index in [2.05, 4.69) is 64.1 Å². The van der Waals surface area contributed by atoms with Gasteiger partial charge in [0.1, 0.15) is 0 Å². The van der Waals surface area contributed by atoms with Crippen LogP contribution < -0.4 is 10.6 Å². The SMILES string of the molecule is CC(C)NC(=O)Nc1cccc(C(=O)N2CCN(C(c3ccccc3)c3ccccc3)CC2)c1. The molecule has 0 radical (unpaired) electrons. The van der Waals surface area contributed by atoms with E-state index in [1.54, 1.807) is 24.3 Å². The van der Waals surface area contributed by atoms with Gasteiger partial charge in [0.25, 0.3) is 5.91 Å². The van der Waals surface area contributed by atoms with Crippen molar-refractivity contribution in [2.24, 2.45) is 0 Å². The van der Waals surface area contributed by atoms with Gasteiger partial charge in [-0.3, -0.25) is 9.69 Å². The lowest BCUT2D eigenvalue weighted by atomic mass is 9.96. The van der Waals surface area contributed by atoms with Crippen LogP contribution >= 0.6 is 0 Å². The number of urea groups is 1. The standard InChI is InChI=1S/C28H32N4O2/c1-21(2)29-28(34)30-25-15-9-14-24(20-25)27(33)32-18-16-31(17-19-32)26(22-10-5-3-6-11-22)23-12-7-4-8-13-23/h3-15,20-21,26H,16-19H2,1-2H3,(H2,29,30,34). The van der Waals surface area contributed by atoms with Crippen LogP contribution in [0.4, 0.5) is 10.5 Å². The van der Waals surface area contributed by atoms with Crippen molar-refractivity contribution < 1.29 is 9.59 Å². The summed E-state index contributed by atoms with van der Waals surface area (Å²) in [5.41, 5.74) is 3.70.